The Kier molecular flexibility index (Phi) is 4.07. The van der Waals surface area contributed by atoms with Gasteiger partial charge in [-0.3, -0.25) is 4.79 Å². The van der Waals surface area contributed by atoms with Crippen molar-refractivity contribution in [2.75, 3.05) is 7.11 Å². The first-order valence-corrected chi connectivity index (χ1v) is 5.01. The Hall–Kier alpha value is -0.900. The Morgan fingerprint density at radius 3 is 2.57 bits per heavy atom. The van der Waals surface area contributed by atoms with Crippen LogP contribution in [0.25, 0.3) is 0 Å². The second kappa shape index (κ2) is 5.10. The van der Waals surface area contributed by atoms with Crippen molar-refractivity contribution in [2.45, 2.75) is 11.2 Å². The van der Waals surface area contributed by atoms with Crippen molar-refractivity contribution < 1.29 is 13.9 Å². The summed E-state index contributed by atoms with van der Waals surface area (Å²) >= 11 is 3.19. The third-order valence-electron chi connectivity index (χ3n) is 1.79. The van der Waals surface area contributed by atoms with Crippen LogP contribution in [0.4, 0.5) is 4.39 Å². The lowest BCUT2D eigenvalue weighted by Crippen LogP contribution is -2.17. The van der Waals surface area contributed by atoms with E-state index in [0.717, 1.165) is 5.56 Å². The lowest BCUT2D eigenvalue weighted by atomic mass is 10.1. The van der Waals surface area contributed by atoms with Crippen LogP contribution >= 0.6 is 15.9 Å². The largest absolute Gasteiger partial charge is 0.468 e. The predicted octanol–water partition coefficient (Wildman–Crippen LogP) is 2.30. The summed E-state index contributed by atoms with van der Waals surface area (Å²) in [5.41, 5.74) is 0.888. The summed E-state index contributed by atoms with van der Waals surface area (Å²) in [6.07, 6.45) is 0.493. The lowest BCUT2D eigenvalue weighted by molar-refractivity contribution is -0.139. The van der Waals surface area contributed by atoms with Crippen molar-refractivity contribution in [3.8, 4) is 0 Å². The number of hydrogen-bond donors (Lipinski definition) is 0. The molecule has 0 saturated carbocycles. The Bertz CT molecular complexity index is 310. The number of rotatable bonds is 3. The molecule has 0 spiro atoms. The van der Waals surface area contributed by atoms with Gasteiger partial charge >= 0.3 is 5.97 Å². The second-order valence-electron chi connectivity index (χ2n) is 2.82. The summed E-state index contributed by atoms with van der Waals surface area (Å²) in [6, 6.07) is 6.03. The van der Waals surface area contributed by atoms with Crippen LogP contribution < -0.4 is 0 Å². The molecule has 4 heteroatoms. The first-order chi connectivity index (χ1) is 6.63. The maximum atomic E-state index is 12.5. The number of carbonyl (C=O) groups excluding carboxylic acids is 1. The van der Waals surface area contributed by atoms with Gasteiger partial charge in [-0.15, -0.1) is 0 Å². The first-order valence-electron chi connectivity index (χ1n) is 4.10. The van der Waals surface area contributed by atoms with Crippen molar-refractivity contribution in [1.29, 1.82) is 0 Å². The molecule has 0 heterocycles. The first kappa shape index (κ1) is 11.2. The van der Waals surface area contributed by atoms with Gasteiger partial charge in [-0.1, -0.05) is 28.1 Å². The van der Waals surface area contributed by atoms with Gasteiger partial charge in [0.05, 0.1) is 7.11 Å². The highest BCUT2D eigenvalue weighted by atomic mass is 79.9. The molecular weight excluding hydrogens is 251 g/mol. The van der Waals surface area contributed by atoms with Crippen molar-refractivity contribution in [2.24, 2.45) is 0 Å². The topological polar surface area (TPSA) is 26.3 Å². The van der Waals surface area contributed by atoms with Crippen LogP contribution in [0.2, 0.25) is 0 Å². The van der Waals surface area contributed by atoms with Gasteiger partial charge < -0.3 is 4.74 Å². The van der Waals surface area contributed by atoms with Crippen LogP contribution in [-0.4, -0.2) is 17.9 Å². The van der Waals surface area contributed by atoms with Crippen LogP contribution in [0.5, 0.6) is 0 Å². The van der Waals surface area contributed by atoms with Gasteiger partial charge in [0.25, 0.3) is 0 Å². The molecule has 0 aliphatic rings. The summed E-state index contributed by atoms with van der Waals surface area (Å²) in [5, 5.41) is 0. The maximum absolute atomic E-state index is 12.5. The van der Waals surface area contributed by atoms with E-state index in [2.05, 4.69) is 20.7 Å². The van der Waals surface area contributed by atoms with E-state index in [0.29, 0.717) is 6.42 Å². The third-order valence-corrected chi connectivity index (χ3v) is 2.48. The fourth-order valence-electron chi connectivity index (χ4n) is 1.04. The predicted molar refractivity (Wildman–Crippen MR) is 54.8 cm³/mol. The number of esters is 1. The fourth-order valence-corrected chi connectivity index (χ4v) is 1.60. The van der Waals surface area contributed by atoms with Crippen molar-refractivity contribution in [3.63, 3.8) is 0 Å². The zero-order valence-corrected chi connectivity index (χ0v) is 9.25. The van der Waals surface area contributed by atoms with Gasteiger partial charge in [0, 0.05) is 0 Å². The van der Waals surface area contributed by atoms with Gasteiger partial charge in [0.15, 0.2) is 0 Å². The molecule has 76 valence electrons. The number of hydrogen-bond acceptors (Lipinski definition) is 2. The van der Waals surface area contributed by atoms with Crippen LogP contribution in [-0.2, 0) is 16.0 Å². The monoisotopic (exact) mass is 260 g/mol. The lowest BCUT2D eigenvalue weighted by Gasteiger charge is -2.06. The van der Waals surface area contributed by atoms with Gasteiger partial charge in [-0.25, -0.2) is 4.39 Å². The average molecular weight is 261 g/mol. The van der Waals surface area contributed by atoms with E-state index in [1.807, 2.05) is 0 Å². The summed E-state index contributed by atoms with van der Waals surface area (Å²) in [6.45, 7) is 0. The second-order valence-corrected chi connectivity index (χ2v) is 3.93. The number of carbonyl (C=O) groups is 1. The van der Waals surface area contributed by atoms with E-state index < -0.39 is 0 Å². The number of methoxy groups -OCH3 is 1. The molecule has 0 aliphatic carbocycles. The fraction of sp³-hybridized carbons (Fsp3) is 0.300. The Morgan fingerprint density at radius 1 is 1.50 bits per heavy atom. The molecule has 0 amide bonds. The van der Waals surface area contributed by atoms with Crippen LogP contribution in [0.15, 0.2) is 24.3 Å². The minimum absolute atomic E-state index is 0.280. The van der Waals surface area contributed by atoms with Crippen molar-refractivity contribution in [3.05, 3.63) is 35.6 Å². The molecule has 0 aliphatic heterocycles. The molecule has 14 heavy (non-hydrogen) atoms. The molecule has 0 unspecified atom stereocenters. The average Bonchev–Trinajstić information content (AvgIpc) is 2.20. The summed E-state index contributed by atoms with van der Waals surface area (Å²) < 4.78 is 17.1. The number of ether oxygens (including phenoxy) is 1. The van der Waals surface area contributed by atoms with E-state index in [1.54, 1.807) is 12.1 Å². The zero-order chi connectivity index (χ0) is 10.6. The molecule has 0 N–H and O–H groups in total. The summed E-state index contributed by atoms with van der Waals surface area (Å²) in [5.74, 6) is -0.604. The van der Waals surface area contributed by atoms with Crippen molar-refractivity contribution in [1.82, 2.24) is 0 Å². The quantitative estimate of drug-likeness (QED) is 0.616. The number of benzene rings is 1. The van der Waals surface area contributed by atoms with Gasteiger partial charge in [-0.2, -0.15) is 0 Å². The Balaban J connectivity index is 2.60. The molecule has 1 atom stereocenters. The highest BCUT2D eigenvalue weighted by Crippen LogP contribution is 2.12. The van der Waals surface area contributed by atoms with Crippen molar-refractivity contribution >= 4 is 21.9 Å². The normalized spacial score (nSPS) is 12.2. The molecule has 0 aromatic heterocycles. The van der Waals surface area contributed by atoms with E-state index >= 15 is 0 Å². The third kappa shape index (κ3) is 3.10. The van der Waals surface area contributed by atoms with Gasteiger partial charge in [0.2, 0.25) is 0 Å². The SMILES string of the molecule is COC(=O)[C@H](Br)Cc1ccc(F)cc1. The smallest absolute Gasteiger partial charge is 0.319 e. The summed E-state index contributed by atoms with van der Waals surface area (Å²) in [7, 11) is 1.33. The summed E-state index contributed by atoms with van der Waals surface area (Å²) in [4.78, 5) is 10.7. The maximum Gasteiger partial charge on any atom is 0.319 e. The van der Waals surface area contributed by atoms with E-state index in [1.165, 1.54) is 19.2 Å². The molecule has 2 nitrogen and oxygen atoms in total. The van der Waals surface area contributed by atoms with E-state index in [4.69, 9.17) is 0 Å². The molecule has 1 aromatic carbocycles. The Morgan fingerprint density at radius 2 is 2.07 bits per heavy atom. The highest BCUT2D eigenvalue weighted by Gasteiger charge is 2.15. The molecule has 1 rings (SSSR count). The van der Waals surface area contributed by atoms with Gasteiger partial charge in [0.1, 0.15) is 10.6 Å². The van der Waals surface area contributed by atoms with Crippen LogP contribution in [0.1, 0.15) is 5.56 Å². The number of alkyl halides is 1. The molecular formula is C10H10BrFO2. The standard InChI is InChI=1S/C10H10BrFO2/c1-14-10(13)9(11)6-7-2-4-8(12)5-3-7/h2-5,9H,6H2,1H3/t9-/m1/s1. The molecule has 0 saturated heterocycles. The molecule has 0 radical (unpaired) electrons. The minimum Gasteiger partial charge on any atom is -0.468 e. The Labute approximate surface area is 90.2 Å². The van der Waals surface area contributed by atoms with Crippen LogP contribution in [0.3, 0.4) is 0 Å². The van der Waals surface area contributed by atoms with E-state index in [-0.39, 0.29) is 16.6 Å². The van der Waals surface area contributed by atoms with Gasteiger partial charge in [-0.05, 0) is 24.1 Å². The highest BCUT2D eigenvalue weighted by molar-refractivity contribution is 9.10. The minimum atomic E-state index is -0.377. The molecule has 0 fully saturated rings. The van der Waals surface area contributed by atoms with E-state index in [9.17, 15) is 9.18 Å². The number of halogens is 2. The molecule has 0 bridgehead atoms. The zero-order valence-electron chi connectivity index (χ0n) is 7.67. The van der Waals surface area contributed by atoms with Crippen LogP contribution in [0, 0.1) is 5.82 Å². The molecule has 1 aromatic rings.